The molecule has 6 heteroatoms. The van der Waals surface area contributed by atoms with Crippen LogP contribution in [0.5, 0.6) is 0 Å². The van der Waals surface area contributed by atoms with Gasteiger partial charge < -0.3 is 16.4 Å². The van der Waals surface area contributed by atoms with Gasteiger partial charge in [0.1, 0.15) is 6.07 Å². The third-order valence-electron chi connectivity index (χ3n) is 3.08. The summed E-state index contributed by atoms with van der Waals surface area (Å²) in [6, 6.07) is 5.15. The highest BCUT2D eigenvalue weighted by Gasteiger charge is 2.32. The predicted octanol–water partition coefficient (Wildman–Crippen LogP) is 1.11. The van der Waals surface area contributed by atoms with Crippen LogP contribution in [0.2, 0.25) is 5.02 Å². The molecule has 1 heterocycles. The minimum Gasteiger partial charge on any atom is -0.397 e. The number of rotatable bonds is 2. The first kappa shape index (κ1) is 12.7. The van der Waals surface area contributed by atoms with E-state index in [1.165, 1.54) is 4.90 Å². The Labute approximate surface area is 110 Å². The molecule has 1 atom stereocenters. The van der Waals surface area contributed by atoms with Crippen molar-refractivity contribution in [2.75, 3.05) is 23.7 Å². The van der Waals surface area contributed by atoms with Crippen molar-refractivity contribution in [2.24, 2.45) is 11.7 Å². The van der Waals surface area contributed by atoms with Gasteiger partial charge in [0.05, 0.1) is 22.0 Å². The third-order valence-corrected chi connectivity index (χ3v) is 3.39. The maximum absolute atomic E-state index is 11.9. The smallest absolute Gasteiger partial charge is 0.227 e. The van der Waals surface area contributed by atoms with Crippen LogP contribution < -0.4 is 16.4 Å². The topological polar surface area (TPSA) is 96.1 Å². The fourth-order valence-electron chi connectivity index (χ4n) is 2.14. The quantitative estimate of drug-likeness (QED) is 0.782. The molecular weight excluding hydrogens is 252 g/mol. The minimum atomic E-state index is -0.0732. The second-order valence-corrected chi connectivity index (χ2v) is 4.69. The predicted molar refractivity (Wildman–Crippen MR) is 70.1 cm³/mol. The lowest BCUT2D eigenvalue weighted by Crippen LogP contribution is -2.27. The van der Waals surface area contributed by atoms with Crippen LogP contribution in [0.4, 0.5) is 11.4 Å². The highest BCUT2D eigenvalue weighted by Crippen LogP contribution is 2.36. The third kappa shape index (κ3) is 2.01. The van der Waals surface area contributed by atoms with E-state index in [9.17, 15) is 4.79 Å². The van der Waals surface area contributed by atoms with E-state index in [0.29, 0.717) is 35.9 Å². The summed E-state index contributed by atoms with van der Waals surface area (Å²) >= 11 is 5.96. The van der Waals surface area contributed by atoms with Crippen molar-refractivity contribution in [3.8, 4) is 6.07 Å². The lowest BCUT2D eigenvalue weighted by atomic mass is 10.1. The van der Waals surface area contributed by atoms with Crippen LogP contribution in [-0.4, -0.2) is 19.0 Å². The fraction of sp³-hybridized carbons (Fsp3) is 0.333. The number of nitrogens with zero attached hydrogens (tertiary/aromatic N) is 2. The van der Waals surface area contributed by atoms with Gasteiger partial charge in [-0.15, -0.1) is 0 Å². The molecule has 1 aromatic rings. The zero-order chi connectivity index (χ0) is 13.3. The standard InChI is InChI=1S/C12H13ClN4O/c13-9-1-2-10(16)12(8(9)5-15)17-6-7(4-14)3-11(17)18/h1-2,7H,3-4,6,14,16H2. The van der Waals surface area contributed by atoms with Crippen LogP contribution in [0.3, 0.4) is 0 Å². The Morgan fingerprint density at radius 3 is 2.83 bits per heavy atom. The monoisotopic (exact) mass is 264 g/mol. The molecule has 1 aliphatic heterocycles. The molecule has 1 saturated heterocycles. The number of halogens is 1. The molecule has 2 rings (SSSR count). The number of nitriles is 1. The first-order valence-electron chi connectivity index (χ1n) is 5.57. The summed E-state index contributed by atoms with van der Waals surface area (Å²) in [6.07, 6.45) is 0.382. The Bertz CT molecular complexity index is 538. The second kappa shape index (κ2) is 4.84. The Kier molecular flexibility index (Phi) is 3.41. The van der Waals surface area contributed by atoms with E-state index in [2.05, 4.69) is 0 Å². The van der Waals surface area contributed by atoms with Crippen LogP contribution in [0.15, 0.2) is 12.1 Å². The van der Waals surface area contributed by atoms with E-state index < -0.39 is 0 Å². The van der Waals surface area contributed by atoms with Gasteiger partial charge in [-0.05, 0) is 24.6 Å². The molecule has 5 nitrogen and oxygen atoms in total. The van der Waals surface area contributed by atoms with Crippen molar-refractivity contribution in [3.05, 3.63) is 22.7 Å². The van der Waals surface area contributed by atoms with Crippen molar-refractivity contribution in [3.63, 3.8) is 0 Å². The number of amides is 1. The number of carbonyl (C=O) groups excluding carboxylic acids is 1. The van der Waals surface area contributed by atoms with Gasteiger partial charge in [0.2, 0.25) is 5.91 Å². The molecule has 1 amide bonds. The van der Waals surface area contributed by atoms with Gasteiger partial charge in [-0.3, -0.25) is 4.79 Å². The van der Waals surface area contributed by atoms with Gasteiger partial charge in [-0.2, -0.15) is 5.26 Å². The lowest BCUT2D eigenvalue weighted by molar-refractivity contribution is -0.117. The molecule has 0 aliphatic carbocycles. The van der Waals surface area contributed by atoms with Crippen LogP contribution in [0.1, 0.15) is 12.0 Å². The molecular formula is C12H13ClN4O. The number of nitrogens with two attached hydrogens (primary N) is 2. The summed E-state index contributed by atoms with van der Waals surface area (Å²) in [5.74, 6) is 0.0262. The summed E-state index contributed by atoms with van der Waals surface area (Å²) in [7, 11) is 0. The Balaban J connectivity index is 2.49. The molecule has 0 saturated carbocycles. The molecule has 0 spiro atoms. The first-order chi connectivity index (χ1) is 8.58. The number of hydrogen-bond donors (Lipinski definition) is 2. The Hall–Kier alpha value is -1.77. The van der Waals surface area contributed by atoms with Crippen LogP contribution in [0.25, 0.3) is 0 Å². The summed E-state index contributed by atoms with van der Waals surface area (Å²) in [4.78, 5) is 13.4. The number of carbonyl (C=O) groups is 1. The molecule has 1 fully saturated rings. The van der Waals surface area contributed by atoms with Gasteiger partial charge in [0.15, 0.2) is 0 Å². The summed E-state index contributed by atoms with van der Waals surface area (Å²) in [5, 5.41) is 9.44. The van der Waals surface area contributed by atoms with E-state index in [1.54, 1.807) is 12.1 Å². The molecule has 18 heavy (non-hydrogen) atoms. The van der Waals surface area contributed by atoms with Gasteiger partial charge in [-0.25, -0.2) is 0 Å². The van der Waals surface area contributed by atoms with Gasteiger partial charge in [0.25, 0.3) is 0 Å². The maximum Gasteiger partial charge on any atom is 0.227 e. The average Bonchev–Trinajstić information content (AvgIpc) is 2.73. The Morgan fingerprint density at radius 1 is 1.56 bits per heavy atom. The molecule has 0 aromatic heterocycles. The lowest BCUT2D eigenvalue weighted by Gasteiger charge is -2.20. The van der Waals surface area contributed by atoms with Gasteiger partial charge >= 0.3 is 0 Å². The van der Waals surface area contributed by atoms with Gasteiger partial charge in [-0.1, -0.05) is 11.6 Å². The van der Waals surface area contributed by atoms with Gasteiger partial charge in [0, 0.05) is 13.0 Å². The Morgan fingerprint density at radius 2 is 2.28 bits per heavy atom. The number of anilines is 2. The summed E-state index contributed by atoms with van der Waals surface area (Å²) < 4.78 is 0. The maximum atomic E-state index is 11.9. The fourth-order valence-corrected chi connectivity index (χ4v) is 2.33. The van der Waals surface area contributed by atoms with Crippen molar-refractivity contribution >= 4 is 28.9 Å². The first-order valence-corrected chi connectivity index (χ1v) is 5.94. The van der Waals surface area contributed by atoms with E-state index in [1.807, 2.05) is 6.07 Å². The SMILES string of the molecule is N#Cc1c(Cl)ccc(N)c1N1CC(CN)CC1=O. The average molecular weight is 265 g/mol. The van der Waals surface area contributed by atoms with Crippen LogP contribution in [0, 0.1) is 17.2 Å². The highest BCUT2D eigenvalue weighted by atomic mass is 35.5. The summed E-state index contributed by atoms with van der Waals surface area (Å²) in [6.45, 7) is 0.916. The molecule has 0 bridgehead atoms. The number of nitrogen functional groups attached to an aromatic ring is 1. The van der Waals surface area contributed by atoms with E-state index in [-0.39, 0.29) is 17.4 Å². The second-order valence-electron chi connectivity index (χ2n) is 4.28. The molecule has 94 valence electrons. The number of hydrogen-bond acceptors (Lipinski definition) is 4. The van der Waals surface area contributed by atoms with Crippen molar-refractivity contribution < 1.29 is 4.79 Å². The van der Waals surface area contributed by atoms with Crippen molar-refractivity contribution in [1.29, 1.82) is 5.26 Å². The molecule has 4 N–H and O–H groups in total. The molecule has 1 aliphatic rings. The van der Waals surface area contributed by atoms with E-state index >= 15 is 0 Å². The minimum absolute atomic E-state index is 0.0732. The normalized spacial score (nSPS) is 19.1. The molecule has 0 radical (unpaired) electrons. The number of benzene rings is 1. The highest BCUT2D eigenvalue weighted by molar-refractivity contribution is 6.32. The summed E-state index contributed by atoms with van der Waals surface area (Å²) in [5.41, 5.74) is 12.5. The van der Waals surface area contributed by atoms with Crippen LogP contribution >= 0.6 is 11.6 Å². The van der Waals surface area contributed by atoms with E-state index in [4.69, 9.17) is 28.3 Å². The zero-order valence-corrected chi connectivity index (χ0v) is 10.4. The van der Waals surface area contributed by atoms with Crippen LogP contribution in [-0.2, 0) is 4.79 Å². The van der Waals surface area contributed by atoms with Crippen molar-refractivity contribution in [1.82, 2.24) is 0 Å². The molecule has 1 aromatic carbocycles. The van der Waals surface area contributed by atoms with E-state index in [0.717, 1.165) is 0 Å². The molecule has 1 unspecified atom stereocenters. The van der Waals surface area contributed by atoms with Crippen molar-refractivity contribution in [2.45, 2.75) is 6.42 Å². The zero-order valence-electron chi connectivity index (χ0n) is 9.69. The largest absolute Gasteiger partial charge is 0.397 e.